The number of hydrogen-bond acceptors (Lipinski definition) is 3. The van der Waals surface area contributed by atoms with Crippen molar-refractivity contribution >= 4 is 23.1 Å². The van der Waals surface area contributed by atoms with Gasteiger partial charge in [0, 0.05) is 10.6 Å². The lowest BCUT2D eigenvalue weighted by Crippen LogP contribution is -2.54. The third-order valence-corrected chi connectivity index (χ3v) is 5.19. The van der Waals surface area contributed by atoms with E-state index in [1.807, 2.05) is 50.2 Å². The summed E-state index contributed by atoms with van der Waals surface area (Å²) in [4.78, 5) is 14.8. The van der Waals surface area contributed by atoms with Crippen molar-refractivity contribution in [1.82, 2.24) is 4.90 Å². The van der Waals surface area contributed by atoms with Gasteiger partial charge in [-0.1, -0.05) is 60.1 Å². The molecule has 3 rings (SSSR count). The molecule has 2 aromatic rings. The second-order valence-corrected chi connectivity index (χ2v) is 7.29. The van der Waals surface area contributed by atoms with Crippen LogP contribution >= 0.6 is 11.6 Å². The van der Waals surface area contributed by atoms with Crippen molar-refractivity contribution in [3.05, 3.63) is 76.5 Å². The van der Waals surface area contributed by atoms with E-state index in [4.69, 9.17) is 16.3 Å². The number of amides is 1. The van der Waals surface area contributed by atoms with Crippen molar-refractivity contribution in [1.29, 1.82) is 0 Å². The predicted octanol–water partition coefficient (Wildman–Crippen LogP) is 4.40. The number of halogens is 1. The summed E-state index contributed by atoms with van der Waals surface area (Å²) in [6, 6.07) is 16.5. The van der Waals surface area contributed by atoms with Crippen LogP contribution < -0.4 is 0 Å². The molecule has 26 heavy (non-hydrogen) atoms. The molecule has 0 saturated heterocycles. The third-order valence-electron chi connectivity index (χ3n) is 4.85. The highest BCUT2D eigenvalue weighted by molar-refractivity contribution is 6.31. The fourth-order valence-corrected chi connectivity index (χ4v) is 3.40. The summed E-state index contributed by atoms with van der Waals surface area (Å²) >= 11 is 6.24. The minimum absolute atomic E-state index is 0.0789. The molecule has 1 atom stereocenters. The molecule has 0 bridgehead atoms. The molecule has 4 nitrogen and oxygen atoms in total. The van der Waals surface area contributed by atoms with E-state index in [9.17, 15) is 9.90 Å². The van der Waals surface area contributed by atoms with Crippen molar-refractivity contribution in [2.24, 2.45) is 0 Å². The zero-order valence-corrected chi connectivity index (χ0v) is 15.8. The molecule has 0 aliphatic carbocycles. The van der Waals surface area contributed by atoms with E-state index in [1.165, 1.54) is 0 Å². The number of ether oxygens (including phenoxy) is 1. The number of benzene rings is 2. The van der Waals surface area contributed by atoms with Gasteiger partial charge in [-0.3, -0.25) is 9.69 Å². The predicted molar refractivity (Wildman–Crippen MR) is 102 cm³/mol. The molecule has 0 aromatic heterocycles. The monoisotopic (exact) mass is 371 g/mol. The lowest BCUT2D eigenvalue weighted by molar-refractivity contribution is -0.146. The molecule has 1 heterocycles. The standard InChI is InChI=1S/C21H22ClNO3/c1-14-18(15-9-5-4-6-10-15)20(25)23(13-26-14)21(2,3)19(24)16-11-7-8-12-17(16)22/h4-12,19,24H,13H2,1-3H3. The summed E-state index contributed by atoms with van der Waals surface area (Å²) in [6.45, 7) is 5.49. The maximum absolute atomic E-state index is 13.2. The lowest BCUT2D eigenvalue weighted by Gasteiger charge is -2.44. The van der Waals surface area contributed by atoms with Crippen LogP contribution in [-0.4, -0.2) is 28.2 Å². The Bertz CT molecular complexity index is 845. The molecule has 1 unspecified atom stereocenters. The Hall–Kier alpha value is -2.30. The maximum Gasteiger partial charge on any atom is 0.261 e. The molecule has 1 N–H and O–H groups in total. The van der Waals surface area contributed by atoms with Gasteiger partial charge in [-0.15, -0.1) is 0 Å². The number of hydrogen-bond donors (Lipinski definition) is 1. The van der Waals surface area contributed by atoms with Gasteiger partial charge in [0.25, 0.3) is 5.91 Å². The van der Waals surface area contributed by atoms with Crippen molar-refractivity contribution in [3.8, 4) is 0 Å². The highest BCUT2D eigenvalue weighted by Gasteiger charge is 2.42. The molecular formula is C21H22ClNO3. The average Bonchev–Trinajstić information content (AvgIpc) is 2.62. The van der Waals surface area contributed by atoms with Crippen molar-refractivity contribution in [2.75, 3.05) is 6.73 Å². The Morgan fingerprint density at radius 3 is 2.38 bits per heavy atom. The minimum atomic E-state index is -0.959. The van der Waals surface area contributed by atoms with E-state index in [1.54, 1.807) is 30.0 Å². The van der Waals surface area contributed by atoms with Crippen LogP contribution in [0.1, 0.15) is 38.0 Å². The van der Waals surface area contributed by atoms with Crippen molar-refractivity contribution in [3.63, 3.8) is 0 Å². The van der Waals surface area contributed by atoms with Gasteiger partial charge in [-0.05, 0) is 32.4 Å². The van der Waals surface area contributed by atoms with Gasteiger partial charge in [0.2, 0.25) is 0 Å². The van der Waals surface area contributed by atoms with Crippen LogP contribution in [0.3, 0.4) is 0 Å². The van der Waals surface area contributed by atoms with E-state index >= 15 is 0 Å². The number of rotatable bonds is 4. The fourth-order valence-electron chi connectivity index (χ4n) is 3.16. The number of aliphatic hydroxyl groups excluding tert-OH is 1. The smallest absolute Gasteiger partial charge is 0.261 e. The number of nitrogens with zero attached hydrogens (tertiary/aromatic N) is 1. The largest absolute Gasteiger partial charge is 0.477 e. The number of allylic oxidation sites excluding steroid dienone is 1. The van der Waals surface area contributed by atoms with Gasteiger partial charge in [0.1, 0.15) is 11.9 Å². The van der Waals surface area contributed by atoms with E-state index in [0.29, 0.717) is 21.9 Å². The van der Waals surface area contributed by atoms with Gasteiger partial charge >= 0.3 is 0 Å². The normalized spacial score (nSPS) is 16.5. The summed E-state index contributed by atoms with van der Waals surface area (Å²) in [7, 11) is 0. The lowest BCUT2D eigenvalue weighted by atomic mass is 9.88. The highest BCUT2D eigenvalue weighted by atomic mass is 35.5. The van der Waals surface area contributed by atoms with Crippen LogP contribution in [0.15, 0.2) is 60.4 Å². The Morgan fingerprint density at radius 1 is 1.12 bits per heavy atom. The Balaban J connectivity index is 1.96. The second-order valence-electron chi connectivity index (χ2n) is 6.88. The van der Waals surface area contributed by atoms with Gasteiger partial charge < -0.3 is 9.84 Å². The fraction of sp³-hybridized carbons (Fsp3) is 0.286. The van der Waals surface area contributed by atoms with Crippen LogP contribution in [0, 0.1) is 0 Å². The molecule has 1 amide bonds. The molecule has 0 radical (unpaired) electrons. The topological polar surface area (TPSA) is 49.8 Å². The second kappa shape index (κ2) is 7.14. The van der Waals surface area contributed by atoms with Crippen LogP contribution in [0.25, 0.3) is 5.57 Å². The number of carbonyl (C=O) groups excluding carboxylic acids is 1. The number of aliphatic hydroxyl groups is 1. The zero-order valence-electron chi connectivity index (χ0n) is 15.1. The van der Waals surface area contributed by atoms with Gasteiger partial charge in [0.15, 0.2) is 6.73 Å². The Labute approximate surface area is 158 Å². The van der Waals surface area contributed by atoms with Crippen LogP contribution in [0.5, 0.6) is 0 Å². The number of carbonyl (C=O) groups is 1. The summed E-state index contributed by atoms with van der Waals surface area (Å²) in [6.07, 6.45) is -0.959. The first kappa shape index (κ1) is 18.5. The Morgan fingerprint density at radius 2 is 1.73 bits per heavy atom. The van der Waals surface area contributed by atoms with Crippen LogP contribution in [0.4, 0.5) is 0 Å². The van der Waals surface area contributed by atoms with Gasteiger partial charge in [-0.2, -0.15) is 0 Å². The molecule has 136 valence electrons. The summed E-state index contributed by atoms with van der Waals surface area (Å²) in [5, 5.41) is 11.4. The molecule has 0 saturated carbocycles. The molecule has 1 aliphatic heterocycles. The molecule has 5 heteroatoms. The molecule has 1 aliphatic rings. The third kappa shape index (κ3) is 3.22. The molecule has 0 fully saturated rings. The molecule has 0 spiro atoms. The van der Waals surface area contributed by atoms with E-state index in [0.717, 1.165) is 5.56 Å². The Kier molecular flexibility index (Phi) is 5.08. The quantitative estimate of drug-likeness (QED) is 0.866. The zero-order chi connectivity index (χ0) is 18.9. The van der Waals surface area contributed by atoms with E-state index in [-0.39, 0.29) is 12.6 Å². The molecular weight excluding hydrogens is 350 g/mol. The first-order valence-corrected chi connectivity index (χ1v) is 8.85. The van der Waals surface area contributed by atoms with Gasteiger partial charge in [0.05, 0.1) is 11.1 Å². The van der Waals surface area contributed by atoms with Crippen LogP contribution in [-0.2, 0) is 9.53 Å². The van der Waals surface area contributed by atoms with Crippen molar-refractivity contribution < 1.29 is 14.6 Å². The SMILES string of the molecule is CC1=C(c2ccccc2)C(=O)N(C(C)(C)C(O)c2ccccc2Cl)CO1. The molecule has 2 aromatic carbocycles. The van der Waals surface area contributed by atoms with Gasteiger partial charge in [-0.25, -0.2) is 0 Å². The van der Waals surface area contributed by atoms with E-state index < -0.39 is 11.6 Å². The average molecular weight is 372 g/mol. The first-order chi connectivity index (χ1) is 12.3. The van der Waals surface area contributed by atoms with Crippen molar-refractivity contribution in [2.45, 2.75) is 32.4 Å². The maximum atomic E-state index is 13.2. The first-order valence-electron chi connectivity index (χ1n) is 8.47. The van der Waals surface area contributed by atoms with E-state index in [2.05, 4.69) is 0 Å². The summed E-state index contributed by atoms with van der Waals surface area (Å²) < 4.78 is 5.77. The minimum Gasteiger partial charge on any atom is -0.477 e. The summed E-state index contributed by atoms with van der Waals surface area (Å²) in [5.74, 6) is 0.413. The van der Waals surface area contributed by atoms with Crippen LogP contribution in [0.2, 0.25) is 5.02 Å². The summed E-state index contributed by atoms with van der Waals surface area (Å²) in [5.41, 5.74) is 0.974. The highest BCUT2D eigenvalue weighted by Crippen LogP contribution is 2.38.